The summed E-state index contributed by atoms with van der Waals surface area (Å²) in [4.78, 5) is 35.7. The Bertz CT molecular complexity index is 1030. The number of carbonyl (C=O) groups excluding carboxylic acids is 2. The molecule has 0 fully saturated rings. The van der Waals surface area contributed by atoms with Crippen molar-refractivity contribution in [2.45, 2.75) is 32.7 Å². The molecule has 2 heterocycles. The van der Waals surface area contributed by atoms with Gasteiger partial charge < -0.3 is 5.32 Å². The van der Waals surface area contributed by atoms with E-state index in [1.807, 2.05) is 48.5 Å². The molecule has 2 aromatic rings. The van der Waals surface area contributed by atoms with Crippen molar-refractivity contribution in [3.63, 3.8) is 0 Å². The Balaban J connectivity index is 1.47. The van der Waals surface area contributed by atoms with E-state index in [4.69, 9.17) is 0 Å². The lowest BCUT2D eigenvalue weighted by Crippen LogP contribution is -2.41. The quantitative estimate of drug-likeness (QED) is 0.828. The van der Waals surface area contributed by atoms with E-state index in [1.54, 1.807) is 6.92 Å². The predicted octanol–water partition coefficient (Wildman–Crippen LogP) is 4.16. The Hall–Kier alpha value is -2.93. The highest BCUT2D eigenvalue weighted by Gasteiger charge is 2.39. The standard InChI is InChI=1S/C22H22N4O2S/c1-13(2)15-8-10-16(11-9-15)24-19(27)12-29-22-25-18-7-5-4-6-17(18)20-23-14(3)21(28)26(20)22/h4-11,13-14H,12H2,1-3H3,(H,24,27). The summed E-state index contributed by atoms with van der Waals surface area (Å²) >= 11 is 1.24. The van der Waals surface area contributed by atoms with Gasteiger partial charge in [0.25, 0.3) is 5.91 Å². The van der Waals surface area contributed by atoms with Gasteiger partial charge in [-0.3, -0.25) is 14.6 Å². The number of hydrogen-bond acceptors (Lipinski definition) is 5. The molecule has 6 nitrogen and oxygen atoms in total. The molecular formula is C22H22N4O2S. The Kier molecular flexibility index (Phi) is 5.24. The number of thioether (sulfide) groups is 1. The summed E-state index contributed by atoms with van der Waals surface area (Å²) in [6, 6.07) is 15.0. The van der Waals surface area contributed by atoms with Crippen molar-refractivity contribution in [3.05, 3.63) is 59.7 Å². The van der Waals surface area contributed by atoms with Crippen LogP contribution >= 0.6 is 11.8 Å². The van der Waals surface area contributed by atoms with Crippen LogP contribution in [-0.4, -0.2) is 39.5 Å². The zero-order valence-electron chi connectivity index (χ0n) is 16.5. The van der Waals surface area contributed by atoms with Crippen molar-refractivity contribution < 1.29 is 9.59 Å². The zero-order valence-corrected chi connectivity index (χ0v) is 17.4. The third-order valence-electron chi connectivity index (χ3n) is 4.85. The molecule has 1 unspecified atom stereocenters. The third kappa shape index (κ3) is 3.82. The normalized spacial score (nSPS) is 17.6. The van der Waals surface area contributed by atoms with E-state index in [1.165, 1.54) is 22.2 Å². The summed E-state index contributed by atoms with van der Waals surface area (Å²) in [6.07, 6.45) is 0. The average Bonchev–Trinajstić information content (AvgIpc) is 3.01. The molecule has 0 saturated carbocycles. The van der Waals surface area contributed by atoms with Crippen LogP contribution in [0.2, 0.25) is 0 Å². The first-order valence-corrected chi connectivity index (χ1v) is 10.5. The van der Waals surface area contributed by atoms with Crippen molar-refractivity contribution in [1.82, 2.24) is 4.90 Å². The number of rotatable bonds is 4. The predicted molar refractivity (Wildman–Crippen MR) is 118 cm³/mol. The average molecular weight is 407 g/mol. The maximum Gasteiger partial charge on any atom is 0.258 e. The Morgan fingerprint density at radius 3 is 2.62 bits per heavy atom. The molecular weight excluding hydrogens is 384 g/mol. The number of amides is 2. The summed E-state index contributed by atoms with van der Waals surface area (Å²) < 4.78 is 0. The molecule has 2 amide bonds. The van der Waals surface area contributed by atoms with Crippen LogP contribution in [0.5, 0.6) is 0 Å². The summed E-state index contributed by atoms with van der Waals surface area (Å²) in [5, 5.41) is 3.39. The highest BCUT2D eigenvalue weighted by Crippen LogP contribution is 2.33. The molecule has 2 aliphatic heterocycles. The van der Waals surface area contributed by atoms with Crippen molar-refractivity contribution >= 4 is 46.0 Å². The number of fused-ring (bicyclic) bond motifs is 3. The summed E-state index contributed by atoms with van der Waals surface area (Å²) in [7, 11) is 0. The number of nitrogens with zero attached hydrogens (tertiary/aromatic N) is 3. The van der Waals surface area contributed by atoms with Crippen LogP contribution in [0.15, 0.2) is 58.5 Å². The second-order valence-electron chi connectivity index (χ2n) is 7.33. The number of hydrogen-bond donors (Lipinski definition) is 1. The van der Waals surface area contributed by atoms with Crippen molar-refractivity contribution in [2.24, 2.45) is 9.98 Å². The van der Waals surface area contributed by atoms with Crippen molar-refractivity contribution in [2.75, 3.05) is 11.1 Å². The minimum Gasteiger partial charge on any atom is -0.325 e. The molecule has 0 spiro atoms. The largest absolute Gasteiger partial charge is 0.325 e. The SMILES string of the molecule is CC1N=C2c3ccccc3N=C(SCC(=O)Nc3ccc(C(C)C)cc3)N2C1=O. The second kappa shape index (κ2) is 7.83. The number of aliphatic imine (C=N–C) groups is 2. The minimum atomic E-state index is -0.449. The van der Waals surface area contributed by atoms with Crippen LogP contribution in [0.25, 0.3) is 0 Å². The van der Waals surface area contributed by atoms with Crippen LogP contribution in [0.4, 0.5) is 11.4 Å². The smallest absolute Gasteiger partial charge is 0.258 e. The lowest BCUT2D eigenvalue weighted by molar-refractivity contribution is -0.124. The summed E-state index contributed by atoms with van der Waals surface area (Å²) in [5.74, 6) is 0.940. The van der Waals surface area contributed by atoms with Gasteiger partial charge in [0.15, 0.2) is 5.17 Å². The third-order valence-corrected chi connectivity index (χ3v) is 5.79. The summed E-state index contributed by atoms with van der Waals surface area (Å²) in [6.45, 7) is 6.03. The van der Waals surface area contributed by atoms with Gasteiger partial charge in [-0.25, -0.2) is 9.89 Å². The van der Waals surface area contributed by atoms with Crippen molar-refractivity contribution in [1.29, 1.82) is 0 Å². The maximum atomic E-state index is 12.6. The monoisotopic (exact) mass is 406 g/mol. The number of nitrogens with one attached hydrogen (secondary N) is 1. The van der Waals surface area contributed by atoms with Crippen LogP contribution in [-0.2, 0) is 9.59 Å². The molecule has 1 N–H and O–H groups in total. The van der Waals surface area contributed by atoms with Crippen LogP contribution in [0.1, 0.15) is 37.8 Å². The molecule has 0 aromatic heterocycles. The molecule has 0 saturated heterocycles. The van der Waals surface area contributed by atoms with E-state index in [9.17, 15) is 9.59 Å². The number of amidine groups is 2. The summed E-state index contributed by atoms with van der Waals surface area (Å²) in [5.41, 5.74) is 3.57. The Morgan fingerprint density at radius 1 is 1.17 bits per heavy atom. The Morgan fingerprint density at radius 2 is 1.90 bits per heavy atom. The fourth-order valence-electron chi connectivity index (χ4n) is 3.25. The first kappa shape index (κ1) is 19.4. The van der Waals surface area contributed by atoms with Gasteiger partial charge in [-0.15, -0.1) is 0 Å². The van der Waals surface area contributed by atoms with Gasteiger partial charge in [-0.05, 0) is 42.7 Å². The molecule has 29 heavy (non-hydrogen) atoms. The molecule has 4 rings (SSSR count). The first-order valence-electron chi connectivity index (χ1n) is 9.56. The molecule has 0 aliphatic carbocycles. The van der Waals surface area contributed by atoms with Crippen LogP contribution in [0.3, 0.4) is 0 Å². The van der Waals surface area contributed by atoms with Gasteiger partial charge in [0.05, 0.1) is 11.4 Å². The number of anilines is 1. The van der Waals surface area contributed by atoms with E-state index < -0.39 is 6.04 Å². The van der Waals surface area contributed by atoms with Crippen molar-refractivity contribution in [3.8, 4) is 0 Å². The molecule has 0 bridgehead atoms. The fraction of sp³-hybridized carbons (Fsp3) is 0.273. The Labute approximate surface area is 174 Å². The van der Waals surface area contributed by atoms with E-state index in [2.05, 4.69) is 29.1 Å². The van der Waals surface area contributed by atoms with Gasteiger partial charge in [0, 0.05) is 11.3 Å². The van der Waals surface area contributed by atoms with Gasteiger partial charge in [-0.2, -0.15) is 0 Å². The molecule has 0 radical (unpaired) electrons. The number of benzene rings is 2. The van der Waals surface area contributed by atoms with Crippen LogP contribution in [0, 0.1) is 0 Å². The maximum absolute atomic E-state index is 12.6. The highest BCUT2D eigenvalue weighted by molar-refractivity contribution is 8.14. The molecule has 2 aliphatic rings. The van der Waals surface area contributed by atoms with E-state index in [0.29, 0.717) is 16.9 Å². The molecule has 1 atom stereocenters. The topological polar surface area (TPSA) is 74.1 Å². The van der Waals surface area contributed by atoms with Gasteiger partial charge in [0.2, 0.25) is 5.91 Å². The molecule has 7 heteroatoms. The van der Waals surface area contributed by atoms with Gasteiger partial charge >= 0.3 is 0 Å². The van der Waals surface area contributed by atoms with E-state index >= 15 is 0 Å². The molecule has 2 aromatic carbocycles. The van der Waals surface area contributed by atoms with Gasteiger partial charge in [0.1, 0.15) is 11.9 Å². The first-order chi connectivity index (χ1) is 13.9. The van der Waals surface area contributed by atoms with E-state index in [-0.39, 0.29) is 17.6 Å². The zero-order chi connectivity index (χ0) is 20.5. The van der Waals surface area contributed by atoms with Crippen LogP contribution < -0.4 is 5.32 Å². The van der Waals surface area contributed by atoms with E-state index in [0.717, 1.165) is 16.9 Å². The van der Waals surface area contributed by atoms with Gasteiger partial charge in [-0.1, -0.05) is 49.9 Å². The number of para-hydroxylation sites is 1. The lowest BCUT2D eigenvalue weighted by Gasteiger charge is -2.25. The second-order valence-corrected chi connectivity index (χ2v) is 8.27. The number of carbonyl (C=O) groups is 2. The minimum absolute atomic E-state index is 0.120. The molecule has 148 valence electrons. The fourth-order valence-corrected chi connectivity index (χ4v) is 4.05. The lowest BCUT2D eigenvalue weighted by atomic mass is 10.0. The highest BCUT2D eigenvalue weighted by atomic mass is 32.2.